The molecule has 2 aromatic carbocycles. The van der Waals surface area contributed by atoms with E-state index in [2.05, 4.69) is 11.6 Å². The lowest BCUT2D eigenvalue weighted by molar-refractivity contribution is -0.417. The van der Waals surface area contributed by atoms with Crippen molar-refractivity contribution >= 4 is 11.6 Å². The largest absolute Gasteiger partial charge is 0.393 e. The summed E-state index contributed by atoms with van der Waals surface area (Å²) in [6.07, 6.45) is -2.25. The number of benzene rings is 2. The van der Waals surface area contributed by atoms with E-state index in [0.717, 1.165) is 24.3 Å². The topological polar surface area (TPSA) is 0 Å². The van der Waals surface area contributed by atoms with Crippen LogP contribution in [0.2, 0.25) is 0 Å². The lowest BCUT2D eigenvalue weighted by atomic mass is 9.82. The van der Waals surface area contributed by atoms with Crippen LogP contribution in [-0.4, -0.2) is 35.0 Å². The number of alkyl halides is 13. The summed E-state index contributed by atoms with van der Waals surface area (Å²) in [6.45, 7) is 0. The molecule has 0 radical (unpaired) electrons. The minimum Gasteiger partial charge on any atom is -0.200 e. The molecule has 0 aliphatic rings. The van der Waals surface area contributed by atoms with E-state index in [4.69, 9.17) is 0 Å². The molecule has 2 rings (SSSR count). The number of halogens is 13. The Hall–Kier alpha value is -2.11. The summed E-state index contributed by atoms with van der Waals surface area (Å²) in [5, 5.41) is -6.46. The molecule has 0 amide bonds. The van der Waals surface area contributed by atoms with Crippen LogP contribution in [0, 0.1) is 0 Å². The maximum Gasteiger partial charge on any atom is 0.393 e. The Morgan fingerprint density at radius 2 is 0.848 bits per heavy atom. The first kappa shape index (κ1) is 27.1. The Kier molecular flexibility index (Phi) is 7.06. The van der Waals surface area contributed by atoms with Gasteiger partial charge in [-0.25, -0.2) is 0 Å². The van der Waals surface area contributed by atoms with Crippen molar-refractivity contribution in [2.45, 2.75) is 47.3 Å². The van der Waals surface area contributed by atoms with Gasteiger partial charge in [-0.2, -0.15) is 52.7 Å². The molecule has 0 unspecified atom stereocenters. The third-order valence-corrected chi connectivity index (χ3v) is 5.10. The van der Waals surface area contributed by atoms with E-state index in [9.17, 15) is 52.7 Å². The third kappa shape index (κ3) is 4.50. The highest BCUT2D eigenvalue weighted by Crippen LogP contribution is 2.61. The van der Waals surface area contributed by atoms with Crippen molar-refractivity contribution in [1.82, 2.24) is 0 Å². The van der Waals surface area contributed by atoms with Crippen molar-refractivity contribution in [1.29, 1.82) is 0 Å². The average Bonchev–Trinajstić information content (AvgIpc) is 2.72. The van der Waals surface area contributed by atoms with Gasteiger partial charge in [-0.05, 0) is 22.7 Å². The molecule has 0 saturated carbocycles. The lowest BCUT2D eigenvalue weighted by Crippen LogP contribution is -2.70. The molecule has 0 nitrogen and oxygen atoms in total. The van der Waals surface area contributed by atoms with Crippen molar-refractivity contribution in [3.05, 3.63) is 71.8 Å². The number of hydrogen-bond donors (Lipinski definition) is 0. The van der Waals surface area contributed by atoms with Crippen molar-refractivity contribution in [2.75, 3.05) is 0 Å². The monoisotopic (exact) mass is 516 g/mol. The summed E-state index contributed by atoms with van der Waals surface area (Å²) in [6, 6.07) is 12.6. The highest BCUT2D eigenvalue weighted by atomic mass is 35.5. The van der Waals surface area contributed by atoms with Crippen LogP contribution in [0.4, 0.5) is 52.7 Å². The zero-order valence-corrected chi connectivity index (χ0v) is 16.7. The first-order valence-electron chi connectivity index (χ1n) is 8.87. The van der Waals surface area contributed by atoms with E-state index in [1.807, 2.05) is 0 Å². The molecule has 2 aromatic rings. The van der Waals surface area contributed by atoms with Crippen LogP contribution in [0.1, 0.15) is 23.5 Å². The SMILES string of the molecule is FC(F)(Cl)C(F)(F)C(F)(F)C(F)(F)C(F)(F)C(F)(F)CC(c1ccccc1)c1ccccc1. The second kappa shape index (κ2) is 8.59. The summed E-state index contributed by atoms with van der Waals surface area (Å²) < 4.78 is 164. The van der Waals surface area contributed by atoms with E-state index >= 15 is 0 Å². The zero-order chi connectivity index (χ0) is 25.5. The van der Waals surface area contributed by atoms with Crippen molar-refractivity contribution in [3.8, 4) is 0 Å². The van der Waals surface area contributed by atoms with Crippen LogP contribution in [0.5, 0.6) is 0 Å². The highest BCUT2D eigenvalue weighted by Gasteiger charge is 2.89. The molecule has 0 spiro atoms. The molecule has 0 aliphatic heterocycles. The van der Waals surface area contributed by atoms with Gasteiger partial charge in [0.1, 0.15) is 0 Å². The minimum absolute atomic E-state index is 0.119. The first-order valence-corrected chi connectivity index (χ1v) is 9.25. The van der Waals surface area contributed by atoms with Crippen LogP contribution >= 0.6 is 11.6 Å². The van der Waals surface area contributed by atoms with Gasteiger partial charge < -0.3 is 0 Å². The lowest BCUT2D eigenvalue weighted by Gasteiger charge is -2.41. The van der Waals surface area contributed by atoms with E-state index < -0.39 is 47.3 Å². The molecule has 33 heavy (non-hydrogen) atoms. The molecule has 0 N–H and O–H groups in total. The molecular formula is C20H13ClF12. The Labute approximate surface area is 184 Å². The van der Waals surface area contributed by atoms with E-state index in [1.54, 1.807) is 0 Å². The van der Waals surface area contributed by atoms with E-state index in [-0.39, 0.29) is 11.1 Å². The normalized spacial score (nSPS) is 14.6. The van der Waals surface area contributed by atoms with Crippen molar-refractivity contribution in [2.24, 2.45) is 0 Å². The predicted octanol–water partition coefficient (Wildman–Crippen LogP) is 8.22. The van der Waals surface area contributed by atoms with E-state index in [0.29, 0.717) is 0 Å². The average molecular weight is 517 g/mol. The summed E-state index contributed by atoms with van der Waals surface area (Å²) in [5.41, 5.74) is -0.237. The molecule has 0 aliphatic carbocycles. The zero-order valence-electron chi connectivity index (χ0n) is 16.0. The minimum atomic E-state index is -7.66. The van der Waals surface area contributed by atoms with E-state index in [1.165, 1.54) is 36.4 Å². The molecular weight excluding hydrogens is 504 g/mol. The molecule has 0 fully saturated rings. The van der Waals surface area contributed by atoms with Gasteiger partial charge in [0.05, 0.1) is 0 Å². The maximum absolute atomic E-state index is 14.5. The molecule has 184 valence electrons. The van der Waals surface area contributed by atoms with Gasteiger partial charge in [0.25, 0.3) is 0 Å². The Morgan fingerprint density at radius 1 is 0.515 bits per heavy atom. The second-order valence-electron chi connectivity index (χ2n) is 7.08. The standard InChI is InChI=1S/C20H13ClF12/c21-20(32,33)19(30,31)18(28,29)17(26,27)16(24,25)15(22,23)11-14(12-7-3-1-4-8-12)13-9-5-2-6-10-13/h1-10,14H,11H2. The van der Waals surface area contributed by atoms with Gasteiger partial charge in [0, 0.05) is 12.3 Å². The van der Waals surface area contributed by atoms with Crippen LogP contribution in [0.15, 0.2) is 60.7 Å². The molecule has 0 heterocycles. The van der Waals surface area contributed by atoms with Crippen LogP contribution in [0.3, 0.4) is 0 Å². The maximum atomic E-state index is 14.5. The second-order valence-corrected chi connectivity index (χ2v) is 7.55. The number of hydrogen-bond acceptors (Lipinski definition) is 0. The van der Waals surface area contributed by atoms with Gasteiger partial charge in [-0.1, -0.05) is 60.7 Å². The summed E-state index contributed by atoms with van der Waals surface area (Å²) in [5.74, 6) is -37.7. The third-order valence-electron chi connectivity index (χ3n) is 4.86. The molecule has 13 heteroatoms. The Balaban J connectivity index is 2.55. The van der Waals surface area contributed by atoms with Crippen molar-refractivity contribution < 1.29 is 52.7 Å². The van der Waals surface area contributed by atoms with Crippen molar-refractivity contribution in [3.63, 3.8) is 0 Å². The fraction of sp³-hybridized carbons (Fsp3) is 0.400. The van der Waals surface area contributed by atoms with Crippen LogP contribution in [0.25, 0.3) is 0 Å². The van der Waals surface area contributed by atoms with Gasteiger partial charge in [0.2, 0.25) is 0 Å². The fourth-order valence-corrected chi connectivity index (χ4v) is 3.10. The first-order chi connectivity index (χ1) is 14.8. The Morgan fingerprint density at radius 3 is 1.18 bits per heavy atom. The molecule has 0 atom stereocenters. The molecule has 0 bridgehead atoms. The Bertz CT molecular complexity index is 884. The van der Waals surface area contributed by atoms with Gasteiger partial charge in [-0.15, -0.1) is 0 Å². The number of rotatable bonds is 9. The van der Waals surface area contributed by atoms with Gasteiger partial charge in [0.15, 0.2) is 0 Å². The quantitative estimate of drug-likeness (QED) is 0.233. The summed E-state index contributed by atoms with van der Waals surface area (Å²) in [4.78, 5) is 0. The highest BCUT2D eigenvalue weighted by molar-refractivity contribution is 6.22. The summed E-state index contributed by atoms with van der Waals surface area (Å²) >= 11 is 3.70. The summed E-state index contributed by atoms with van der Waals surface area (Å²) in [7, 11) is 0. The smallest absolute Gasteiger partial charge is 0.200 e. The van der Waals surface area contributed by atoms with Gasteiger partial charge in [-0.3, -0.25) is 0 Å². The fourth-order valence-electron chi connectivity index (χ4n) is 2.99. The van der Waals surface area contributed by atoms with Crippen LogP contribution in [-0.2, 0) is 0 Å². The molecule has 0 aromatic heterocycles. The molecule has 0 saturated heterocycles. The van der Waals surface area contributed by atoms with Crippen LogP contribution < -0.4 is 0 Å². The predicted molar refractivity (Wildman–Crippen MR) is 94.9 cm³/mol. The van der Waals surface area contributed by atoms with Gasteiger partial charge >= 0.3 is 35.0 Å².